The zero-order valence-corrected chi connectivity index (χ0v) is 14.5. The molecule has 0 unspecified atom stereocenters. The first kappa shape index (κ1) is 20.0. The molecule has 0 spiro atoms. The van der Waals surface area contributed by atoms with E-state index in [1.165, 1.54) is 23.1 Å². The lowest BCUT2D eigenvalue weighted by Gasteiger charge is -2.14. The Kier molecular flexibility index (Phi) is 8.25. The lowest BCUT2D eigenvalue weighted by molar-refractivity contribution is -0.127. The quantitative estimate of drug-likeness (QED) is 0.576. The van der Waals surface area contributed by atoms with Gasteiger partial charge in [0, 0.05) is 31.2 Å². The summed E-state index contributed by atoms with van der Waals surface area (Å²) in [6.45, 7) is -0.353. The number of guanidine groups is 1. The van der Waals surface area contributed by atoms with E-state index < -0.39 is 6.61 Å². The minimum atomic E-state index is -2.93. The standard InChI is InChI=1S/C15H21ClF2N4O2/c1-4-19-15(21-9-13(23)22(2)3)20-8-10-7-11(16)5-6-12(10)24-14(17)18/h5-7,14H,4,8-9H2,1-3H3,(H2,19,20,21). The van der Waals surface area contributed by atoms with Crippen molar-refractivity contribution in [3.8, 4) is 5.75 Å². The molecule has 0 bridgehead atoms. The van der Waals surface area contributed by atoms with Gasteiger partial charge in [-0.3, -0.25) is 4.79 Å². The molecule has 1 aromatic rings. The summed E-state index contributed by atoms with van der Waals surface area (Å²) in [5, 5.41) is 6.23. The maximum absolute atomic E-state index is 12.4. The highest BCUT2D eigenvalue weighted by molar-refractivity contribution is 6.30. The molecule has 0 aromatic heterocycles. The minimum absolute atomic E-state index is 0.0124. The van der Waals surface area contributed by atoms with E-state index in [9.17, 15) is 13.6 Å². The van der Waals surface area contributed by atoms with Crippen LogP contribution in [0.5, 0.6) is 5.75 Å². The summed E-state index contributed by atoms with van der Waals surface area (Å²) in [6, 6.07) is 4.35. The molecule has 0 saturated carbocycles. The number of alkyl halides is 2. The third kappa shape index (κ3) is 6.99. The van der Waals surface area contributed by atoms with E-state index >= 15 is 0 Å². The van der Waals surface area contributed by atoms with E-state index in [0.717, 1.165) is 0 Å². The van der Waals surface area contributed by atoms with Crippen LogP contribution in [0.2, 0.25) is 5.02 Å². The number of carbonyl (C=O) groups excluding carboxylic acids is 1. The summed E-state index contributed by atoms with van der Waals surface area (Å²) < 4.78 is 29.4. The van der Waals surface area contributed by atoms with Crippen molar-refractivity contribution in [1.29, 1.82) is 0 Å². The van der Waals surface area contributed by atoms with Crippen LogP contribution in [0.25, 0.3) is 0 Å². The molecule has 0 saturated heterocycles. The third-order valence-electron chi connectivity index (χ3n) is 2.90. The van der Waals surface area contributed by atoms with Gasteiger partial charge in [-0.25, -0.2) is 4.99 Å². The number of hydrogen-bond donors (Lipinski definition) is 2. The molecule has 0 aliphatic carbocycles. The molecule has 0 fully saturated rings. The van der Waals surface area contributed by atoms with Gasteiger partial charge in [0.25, 0.3) is 0 Å². The lowest BCUT2D eigenvalue weighted by Crippen LogP contribution is -2.42. The number of nitrogens with zero attached hydrogens (tertiary/aromatic N) is 2. The van der Waals surface area contributed by atoms with Crippen molar-refractivity contribution in [2.75, 3.05) is 27.2 Å². The van der Waals surface area contributed by atoms with E-state index in [-0.39, 0.29) is 24.7 Å². The number of carbonyl (C=O) groups is 1. The average Bonchev–Trinajstić information content (AvgIpc) is 2.51. The highest BCUT2D eigenvalue weighted by Gasteiger charge is 2.11. The summed E-state index contributed by atoms with van der Waals surface area (Å²) in [7, 11) is 3.29. The molecule has 0 atom stereocenters. The summed E-state index contributed by atoms with van der Waals surface area (Å²) >= 11 is 5.89. The molecule has 0 radical (unpaired) electrons. The normalized spacial score (nSPS) is 11.4. The number of rotatable bonds is 7. The van der Waals surface area contributed by atoms with Crippen LogP contribution in [-0.2, 0) is 11.3 Å². The molecule has 134 valence electrons. The van der Waals surface area contributed by atoms with Crippen LogP contribution in [0, 0.1) is 0 Å². The molecule has 6 nitrogen and oxygen atoms in total. The van der Waals surface area contributed by atoms with Gasteiger partial charge >= 0.3 is 6.61 Å². The zero-order valence-electron chi connectivity index (χ0n) is 13.8. The van der Waals surface area contributed by atoms with E-state index in [1.54, 1.807) is 14.1 Å². The Morgan fingerprint density at radius 3 is 2.67 bits per heavy atom. The second kappa shape index (κ2) is 9.92. The smallest absolute Gasteiger partial charge is 0.387 e. The predicted molar refractivity (Wildman–Crippen MR) is 89.6 cm³/mol. The summed E-state index contributed by atoms with van der Waals surface area (Å²) in [4.78, 5) is 17.3. The van der Waals surface area contributed by atoms with Gasteiger partial charge in [-0.1, -0.05) is 11.6 Å². The van der Waals surface area contributed by atoms with Gasteiger partial charge in [-0.15, -0.1) is 0 Å². The van der Waals surface area contributed by atoms with Crippen molar-refractivity contribution in [1.82, 2.24) is 15.5 Å². The lowest BCUT2D eigenvalue weighted by atomic mass is 10.2. The fourth-order valence-corrected chi connectivity index (χ4v) is 1.90. The Balaban J connectivity index is 2.85. The van der Waals surface area contributed by atoms with Crippen molar-refractivity contribution in [3.63, 3.8) is 0 Å². The second-order valence-corrected chi connectivity index (χ2v) is 5.40. The number of aliphatic imine (C=N–C) groups is 1. The molecule has 24 heavy (non-hydrogen) atoms. The fraction of sp³-hybridized carbons (Fsp3) is 0.467. The van der Waals surface area contributed by atoms with Gasteiger partial charge in [-0.2, -0.15) is 8.78 Å². The van der Waals surface area contributed by atoms with Crippen molar-refractivity contribution < 1.29 is 18.3 Å². The van der Waals surface area contributed by atoms with E-state index in [2.05, 4.69) is 20.4 Å². The van der Waals surface area contributed by atoms with Gasteiger partial charge in [0.05, 0.1) is 13.1 Å². The number of likely N-dealkylation sites (N-methyl/N-ethyl adjacent to an activating group) is 1. The minimum Gasteiger partial charge on any atom is -0.434 e. The van der Waals surface area contributed by atoms with Gasteiger partial charge in [0.2, 0.25) is 5.91 Å². The molecule has 9 heteroatoms. The molecular formula is C15H21ClF2N4O2. The van der Waals surface area contributed by atoms with Crippen LogP contribution in [0.3, 0.4) is 0 Å². The average molecular weight is 363 g/mol. The van der Waals surface area contributed by atoms with Gasteiger partial charge in [0.1, 0.15) is 5.75 Å². The molecule has 0 heterocycles. The number of ether oxygens (including phenoxy) is 1. The Labute approximate surface area is 144 Å². The molecule has 0 aliphatic heterocycles. The van der Waals surface area contributed by atoms with Crippen LogP contribution < -0.4 is 15.4 Å². The maximum atomic E-state index is 12.4. The van der Waals surface area contributed by atoms with Crippen molar-refractivity contribution >= 4 is 23.5 Å². The predicted octanol–water partition coefficient (Wildman–Crippen LogP) is 2.08. The topological polar surface area (TPSA) is 66.0 Å². The number of benzene rings is 1. The van der Waals surface area contributed by atoms with Crippen LogP contribution in [-0.4, -0.2) is 50.6 Å². The first-order valence-corrected chi connectivity index (χ1v) is 7.66. The molecule has 1 rings (SSSR count). The van der Waals surface area contributed by atoms with Crippen molar-refractivity contribution in [3.05, 3.63) is 28.8 Å². The highest BCUT2D eigenvalue weighted by atomic mass is 35.5. The van der Waals surface area contributed by atoms with E-state index in [4.69, 9.17) is 11.6 Å². The maximum Gasteiger partial charge on any atom is 0.387 e. The third-order valence-corrected chi connectivity index (χ3v) is 3.13. The first-order chi connectivity index (χ1) is 11.3. The first-order valence-electron chi connectivity index (χ1n) is 7.29. The van der Waals surface area contributed by atoms with Crippen molar-refractivity contribution in [2.24, 2.45) is 4.99 Å². The highest BCUT2D eigenvalue weighted by Crippen LogP contribution is 2.25. The van der Waals surface area contributed by atoms with Crippen LogP contribution in [0.1, 0.15) is 12.5 Å². The number of amides is 1. The molecule has 1 amide bonds. The van der Waals surface area contributed by atoms with Gasteiger partial charge in [-0.05, 0) is 25.1 Å². The number of nitrogens with one attached hydrogen (secondary N) is 2. The zero-order chi connectivity index (χ0) is 18.1. The van der Waals surface area contributed by atoms with Crippen molar-refractivity contribution in [2.45, 2.75) is 20.1 Å². The molecule has 0 aliphatic rings. The monoisotopic (exact) mass is 362 g/mol. The molecule has 2 N–H and O–H groups in total. The van der Waals surface area contributed by atoms with Crippen LogP contribution in [0.4, 0.5) is 8.78 Å². The van der Waals surface area contributed by atoms with Gasteiger partial charge in [0.15, 0.2) is 5.96 Å². The fourth-order valence-electron chi connectivity index (χ4n) is 1.71. The number of halogens is 3. The van der Waals surface area contributed by atoms with E-state index in [0.29, 0.717) is 23.1 Å². The SMILES string of the molecule is CCNC(=NCc1cc(Cl)ccc1OC(F)F)NCC(=O)N(C)C. The summed E-state index contributed by atoms with van der Waals surface area (Å²) in [5.41, 5.74) is 0.416. The number of hydrogen-bond acceptors (Lipinski definition) is 3. The Bertz CT molecular complexity index is 583. The summed E-state index contributed by atoms with van der Waals surface area (Å²) in [6.07, 6.45) is 0. The van der Waals surface area contributed by atoms with Crippen LogP contribution in [0.15, 0.2) is 23.2 Å². The Morgan fingerprint density at radius 2 is 2.08 bits per heavy atom. The Hall–Kier alpha value is -2.09. The largest absolute Gasteiger partial charge is 0.434 e. The molecular weight excluding hydrogens is 342 g/mol. The summed E-state index contributed by atoms with van der Waals surface area (Å²) in [5.74, 6) is 0.277. The molecule has 1 aromatic carbocycles. The van der Waals surface area contributed by atoms with Gasteiger partial charge < -0.3 is 20.3 Å². The second-order valence-electron chi connectivity index (χ2n) is 4.97. The Morgan fingerprint density at radius 1 is 1.38 bits per heavy atom. The van der Waals surface area contributed by atoms with E-state index in [1.807, 2.05) is 6.92 Å². The van der Waals surface area contributed by atoms with Crippen LogP contribution >= 0.6 is 11.6 Å².